The van der Waals surface area contributed by atoms with E-state index >= 15 is 0 Å². The maximum absolute atomic E-state index is 5.53. The average molecular weight is 199 g/mol. The lowest BCUT2D eigenvalue weighted by molar-refractivity contribution is 0.106. The molecule has 0 saturated carbocycles. The summed E-state index contributed by atoms with van der Waals surface area (Å²) in [6.07, 6.45) is 4.70. The molecule has 1 saturated heterocycles. The van der Waals surface area contributed by atoms with Crippen LogP contribution in [0, 0.1) is 0 Å². The molecule has 82 valence electrons. The maximum Gasteiger partial charge on any atom is 0.111 e. The van der Waals surface area contributed by atoms with Crippen molar-refractivity contribution in [1.29, 1.82) is 0 Å². The molecule has 0 aliphatic carbocycles. The van der Waals surface area contributed by atoms with Gasteiger partial charge in [-0.2, -0.15) is 0 Å². The second kappa shape index (κ2) is 5.98. The molecule has 4 nitrogen and oxygen atoms in total. The van der Waals surface area contributed by atoms with Gasteiger partial charge < -0.3 is 10.2 Å². The van der Waals surface area contributed by atoms with Gasteiger partial charge in [-0.25, -0.2) is 5.84 Å². The maximum atomic E-state index is 5.53. The normalized spacial score (nSPS) is 23.1. The summed E-state index contributed by atoms with van der Waals surface area (Å²) < 4.78 is 5.53. The molecule has 0 aromatic heterocycles. The van der Waals surface area contributed by atoms with Gasteiger partial charge in [-0.1, -0.05) is 0 Å². The van der Waals surface area contributed by atoms with Gasteiger partial charge in [0.1, 0.15) is 5.84 Å². The Morgan fingerprint density at radius 1 is 1.64 bits per heavy atom. The summed E-state index contributed by atoms with van der Waals surface area (Å²) in [5, 5.41) is 0. The fourth-order valence-corrected chi connectivity index (χ4v) is 1.66. The quantitative estimate of drug-likeness (QED) is 0.310. The van der Waals surface area contributed by atoms with E-state index < -0.39 is 0 Å². The molecule has 0 aromatic rings. The van der Waals surface area contributed by atoms with E-state index in [0.717, 1.165) is 25.3 Å². The largest absolute Gasteiger partial charge is 0.378 e. The number of amidine groups is 1. The van der Waals surface area contributed by atoms with Crippen molar-refractivity contribution in [2.75, 3.05) is 6.61 Å². The molecule has 0 bridgehead atoms. The Morgan fingerprint density at radius 3 is 2.93 bits per heavy atom. The number of nitrogens with zero attached hydrogens (tertiary/aromatic N) is 1. The van der Waals surface area contributed by atoms with Gasteiger partial charge in [-0.05, 0) is 33.1 Å². The van der Waals surface area contributed by atoms with E-state index in [1.165, 1.54) is 12.8 Å². The van der Waals surface area contributed by atoms with Gasteiger partial charge in [-0.3, -0.25) is 4.99 Å². The lowest BCUT2D eigenvalue weighted by Gasteiger charge is -2.11. The van der Waals surface area contributed by atoms with Crippen LogP contribution in [-0.4, -0.2) is 24.6 Å². The first-order valence-electron chi connectivity index (χ1n) is 5.37. The molecule has 4 heteroatoms. The Labute approximate surface area is 85.9 Å². The molecular formula is C10H21N3O. The van der Waals surface area contributed by atoms with Crippen LogP contribution in [0.25, 0.3) is 0 Å². The van der Waals surface area contributed by atoms with Gasteiger partial charge in [0.2, 0.25) is 0 Å². The Kier molecular flexibility index (Phi) is 4.90. The molecule has 1 atom stereocenters. The first-order valence-corrected chi connectivity index (χ1v) is 5.37. The predicted octanol–water partition coefficient (Wildman–Crippen LogP) is 1.22. The molecule has 1 unspecified atom stereocenters. The van der Waals surface area contributed by atoms with E-state index in [-0.39, 0.29) is 0 Å². The van der Waals surface area contributed by atoms with E-state index in [1.54, 1.807) is 0 Å². The van der Waals surface area contributed by atoms with Crippen molar-refractivity contribution in [2.24, 2.45) is 10.8 Å². The molecule has 1 aliphatic rings. The predicted molar refractivity (Wildman–Crippen MR) is 58.1 cm³/mol. The topological polar surface area (TPSA) is 59.6 Å². The van der Waals surface area contributed by atoms with Crippen molar-refractivity contribution >= 4 is 5.84 Å². The number of aliphatic imine (C=N–C) groups is 1. The van der Waals surface area contributed by atoms with Crippen LogP contribution in [0.3, 0.4) is 0 Å². The summed E-state index contributed by atoms with van der Waals surface area (Å²) >= 11 is 0. The molecule has 0 aromatic carbocycles. The fraction of sp³-hybridized carbons (Fsp3) is 0.900. The monoisotopic (exact) mass is 199 g/mol. The summed E-state index contributed by atoms with van der Waals surface area (Å²) in [6.45, 7) is 5.00. The van der Waals surface area contributed by atoms with E-state index in [2.05, 4.69) is 10.4 Å². The number of hydrazine groups is 1. The zero-order valence-corrected chi connectivity index (χ0v) is 9.12. The summed E-state index contributed by atoms with van der Waals surface area (Å²) in [7, 11) is 0. The second-order valence-electron chi connectivity index (χ2n) is 3.99. The second-order valence-corrected chi connectivity index (χ2v) is 3.99. The Bertz CT molecular complexity index is 186. The van der Waals surface area contributed by atoms with Gasteiger partial charge in [-0.15, -0.1) is 0 Å². The summed E-state index contributed by atoms with van der Waals surface area (Å²) in [5.74, 6) is 6.27. The van der Waals surface area contributed by atoms with E-state index in [9.17, 15) is 0 Å². The van der Waals surface area contributed by atoms with Crippen LogP contribution in [-0.2, 0) is 4.74 Å². The minimum Gasteiger partial charge on any atom is -0.378 e. The standard InChI is InChI=1S/C10H21N3O/c1-8(2)12-10(13-11)6-5-9-4-3-7-14-9/h8-9H,3-7,11H2,1-2H3,(H,12,13). The van der Waals surface area contributed by atoms with Crippen molar-refractivity contribution in [1.82, 2.24) is 5.43 Å². The molecule has 0 radical (unpaired) electrons. The van der Waals surface area contributed by atoms with Crippen LogP contribution < -0.4 is 11.3 Å². The van der Waals surface area contributed by atoms with Crippen molar-refractivity contribution in [3.63, 3.8) is 0 Å². The third-order valence-corrected chi connectivity index (χ3v) is 2.31. The van der Waals surface area contributed by atoms with Crippen LogP contribution in [0.1, 0.15) is 39.5 Å². The highest BCUT2D eigenvalue weighted by molar-refractivity contribution is 5.81. The number of nitrogens with two attached hydrogens (primary N) is 1. The number of ether oxygens (including phenoxy) is 1. The molecule has 0 amide bonds. The first-order chi connectivity index (χ1) is 6.72. The number of hydrogen-bond donors (Lipinski definition) is 2. The number of rotatable bonds is 4. The molecule has 14 heavy (non-hydrogen) atoms. The van der Waals surface area contributed by atoms with Crippen LogP contribution in [0.5, 0.6) is 0 Å². The molecule has 1 heterocycles. The third kappa shape index (κ3) is 4.07. The summed E-state index contributed by atoms with van der Waals surface area (Å²) in [4.78, 5) is 4.38. The van der Waals surface area contributed by atoms with Crippen molar-refractivity contribution in [3.05, 3.63) is 0 Å². The highest BCUT2D eigenvalue weighted by Crippen LogP contribution is 2.16. The lowest BCUT2D eigenvalue weighted by Crippen LogP contribution is -2.31. The van der Waals surface area contributed by atoms with Crippen molar-refractivity contribution in [2.45, 2.75) is 51.7 Å². The molecule has 1 aliphatic heterocycles. The van der Waals surface area contributed by atoms with Crippen LogP contribution in [0.15, 0.2) is 4.99 Å². The van der Waals surface area contributed by atoms with Crippen LogP contribution in [0.4, 0.5) is 0 Å². The van der Waals surface area contributed by atoms with Gasteiger partial charge in [0.15, 0.2) is 0 Å². The average Bonchev–Trinajstić information content (AvgIpc) is 2.64. The zero-order chi connectivity index (χ0) is 10.4. The van der Waals surface area contributed by atoms with E-state index in [4.69, 9.17) is 10.6 Å². The number of nitrogens with one attached hydrogen (secondary N) is 1. The Balaban J connectivity index is 2.26. The SMILES string of the molecule is CC(C)N=C(CCC1CCCO1)NN. The number of hydrogen-bond acceptors (Lipinski definition) is 3. The van der Waals surface area contributed by atoms with Crippen molar-refractivity contribution in [3.8, 4) is 0 Å². The molecule has 1 fully saturated rings. The minimum absolute atomic E-state index is 0.297. The Hall–Kier alpha value is -0.610. The van der Waals surface area contributed by atoms with Gasteiger partial charge in [0, 0.05) is 19.1 Å². The smallest absolute Gasteiger partial charge is 0.111 e. The third-order valence-electron chi connectivity index (χ3n) is 2.31. The highest BCUT2D eigenvalue weighted by Gasteiger charge is 2.15. The van der Waals surface area contributed by atoms with Gasteiger partial charge >= 0.3 is 0 Å². The Morgan fingerprint density at radius 2 is 2.43 bits per heavy atom. The molecule has 0 spiro atoms. The molecule has 1 rings (SSSR count). The summed E-state index contributed by atoms with van der Waals surface area (Å²) in [5.41, 5.74) is 2.65. The van der Waals surface area contributed by atoms with Gasteiger partial charge in [0.05, 0.1) is 6.10 Å². The highest BCUT2D eigenvalue weighted by atomic mass is 16.5. The van der Waals surface area contributed by atoms with Crippen LogP contribution in [0.2, 0.25) is 0 Å². The first kappa shape index (κ1) is 11.5. The van der Waals surface area contributed by atoms with E-state index in [0.29, 0.717) is 12.1 Å². The molecule has 3 N–H and O–H groups in total. The fourth-order valence-electron chi connectivity index (χ4n) is 1.66. The van der Waals surface area contributed by atoms with E-state index in [1.807, 2.05) is 13.8 Å². The minimum atomic E-state index is 0.297. The van der Waals surface area contributed by atoms with Gasteiger partial charge in [0.25, 0.3) is 0 Å². The molecular weight excluding hydrogens is 178 g/mol. The zero-order valence-electron chi connectivity index (χ0n) is 9.12. The van der Waals surface area contributed by atoms with Crippen molar-refractivity contribution < 1.29 is 4.74 Å². The summed E-state index contributed by atoms with van der Waals surface area (Å²) in [6, 6.07) is 0.297. The lowest BCUT2D eigenvalue weighted by atomic mass is 10.1. The van der Waals surface area contributed by atoms with Crippen LogP contribution >= 0.6 is 0 Å².